The Kier molecular flexibility index (Phi) is 3.03. The van der Waals surface area contributed by atoms with Crippen molar-refractivity contribution in [3.05, 3.63) is 23.9 Å². The van der Waals surface area contributed by atoms with Crippen molar-refractivity contribution >= 4 is 18.2 Å². The van der Waals surface area contributed by atoms with E-state index in [1.165, 1.54) is 12.3 Å². The molecule has 4 heteroatoms. The molecule has 0 aliphatic heterocycles. The molecule has 0 saturated carbocycles. The largest absolute Gasteiger partial charge is 0.504 e. The van der Waals surface area contributed by atoms with E-state index in [9.17, 15) is 4.79 Å². The molecule has 0 spiro atoms. The number of rotatable bonds is 3. The average Bonchev–Trinajstić information content (AvgIpc) is 2.12. The molecule has 0 fully saturated rings. The van der Waals surface area contributed by atoms with Crippen molar-refractivity contribution in [1.82, 2.24) is 4.98 Å². The van der Waals surface area contributed by atoms with Crippen LogP contribution in [0, 0.1) is 0 Å². The highest BCUT2D eigenvalue weighted by Gasteiger charge is 1.96. The van der Waals surface area contributed by atoms with Crippen LogP contribution in [-0.2, 0) is 4.79 Å². The zero-order valence-electron chi connectivity index (χ0n) is 6.97. The van der Waals surface area contributed by atoms with Crippen LogP contribution >= 0.6 is 0 Å². The lowest BCUT2D eigenvalue weighted by atomic mass is 10.2. The van der Waals surface area contributed by atoms with E-state index in [0.717, 1.165) is 6.29 Å². The number of pyridine rings is 1. The topological polar surface area (TPSA) is 76.2 Å². The van der Waals surface area contributed by atoms with Gasteiger partial charge in [0, 0.05) is 12.6 Å². The summed E-state index contributed by atoms with van der Waals surface area (Å²) in [6.45, 7) is 0. The average molecular weight is 178 g/mol. The molecule has 0 aliphatic rings. The van der Waals surface area contributed by atoms with Gasteiger partial charge in [0.05, 0.1) is 0 Å². The van der Waals surface area contributed by atoms with E-state index in [1.807, 2.05) is 0 Å². The number of aromatic hydroxyl groups is 1. The Morgan fingerprint density at radius 2 is 2.38 bits per heavy atom. The van der Waals surface area contributed by atoms with Crippen LogP contribution in [0.1, 0.15) is 12.0 Å². The third-order valence-electron chi connectivity index (χ3n) is 1.46. The highest BCUT2D eigenvalue weighted by atomic mass is 16.3. The van der Waals surface area contributed by atoms with Crippen LogP contribution in [0.5, 0.6) is 5.75 Å². The molecule has 1 heterocycles. The lowest BCUT2D eigenvalue weighted by Gasteiger charge is -1.97. The molecule has 0 unspecified atom stereocenters. The number of allylic oxidation sites excluding steroid dienone is 1. The lowest BCUT2D eigenvalue weighted by molar-refractivity contribution is -0.107. The van der Waals surface area contributed by atoms with E-state index in [2.05, 4.69) is 4.98 Å². The van der Waals surface area contributed by atoms with Crippen LogP contribution < -0.4 is 5.73 Å². The number of hydrogen-bond acceptors (Lipinski definition) is 4. The van der Waals surface area contributed by atoms with E-state index in [4.69, 9.17) is 10.8 Å². The van der Waals surface area contributed by atoms with Gasteiger partial charge in [0.2, 0.25) is 0 Å². The Labute approximate surface area is 75.7 Å². The third kappa shape index (κ3) is 2.59. The maximum absolute atomic E-state index is 9.98. The Bertz CT molecular complexity index is 334. The minimum Gasteiger partial charge on any atom is -0.504 e. The van der Waals surface area contributed by atoms with Crippen molar-refractivity contribution in [2.24, 2.45) is 0 Å². The molecule has 1 rings (SSSR count). The van der Waals surface area contributed by atoms with Gasteiger partial charge in [-0.2, -0.15) is 0 Å². The summed E-state index contributed by atoms with van der Waals surface area (Å²) in [5.74, 6) is 0.0563. The number of nitrogens with zero attached hydrogens (tertiary/aromatic N) is 1. The fourth-order valence-electron chi connectivity index (χ4n) is 0.830. The van der Waals surface area contributed by atoms with E-state index in [0.29, 0.717) is 12.0 Å². The van der Waals surface area contributed by atoms with E-state index >= 15 is 0 Å². The maximum Gasteiger partial charge on any atom is 0.165 e. The van der Waals surface area contributed by atoms with Crippen LogP contribution in [0.2, 0.25) is 0 Å². The molecule has 13 heavy (non-hydrogen) atoms. The third-order valence-corrected chi connectivity index (χ3v) is 1.46. The first-order chi connectivity index (χ1) is 6.24. The molecular weight excluding hydrogens is 168 g/mol. The first-order valence-electron chi connectivity index (χ1n) is 3.78. The first-order valence-corrected chi connectivity index (χ1v) is 3.78. The lowest BCUT2D eigenvalue weighted by Crippen LogP contribution is -1.90. The van der Waals surface area contributed by atoms with E-state index < -0.39 is 0 Å². The van der Waals surface area contributed by atoms with Crippen molar-refractivity contribution in [1.29, 1.82) is 0 Å². The van der Waals surface area contributed by atoms with Crippen molar-refractivity contribution in [2.45, 2.75) is 6.42 Å². The highest BCUT2D eigenvalue weighted by molar-refractivity contribution is 5.60. The number of aromatic nitrogens is 1. The molecule has 1 aromatic heterocycles. The van der Waals surface area contributed by atoms with Crippen LogP contribution in [0.4, 0.5) is 5.82 Å². The van der Waals surface area contributed by atoms with Crippen molar-refractivity contribution < 1.29 is 9.90 Å². The van der Waals surface area contributed by atoms with Gasteiger partial charge < -0.3 is 15.6 Å². The zero-order valence-corrected chi connectivity index (χ0v) is 6.97. The minimum absolute atomic E-state index is 0.0479. The molecule has 0 bridgehead atoms. The SMILES string of the molecule is Nc1ncc(C=CCC=O)cc1O. The highest BCUT2D eigenvalue weighted by Crippen LogP contribution is 2.18. The van der Waals surface area contributed by atoms with Gasteiger partial charge in [0.25, 0.3) is 0 Å². The second-order valence-electron chi connectivity index (χ2n) is 2.48. The molecule has 0 amide bonds. The predicted octanol–water partition coefficient (Wildman–Crippen LogP) is 0.972. The normalized spacial score (nSPS) is 10.5. The van der Waals surface area contributed by atoms with E-state index in [-0.39, 0.29) is 11.6 Å². The van der Waals surface area contributed by atoms with Crippen molar-refractivity contribution in [3.63, 3.8) is 0 Å². The number of hydrogen-bond donors (Lipinski definition) is 2. The molecule has 0 aliphatic carbocycles. The molecule has 3 N–H and O–H groups in total. The van der Waals surface area contributed by atoms with Gasteiger partial charge in [-0.15, -0.1) is 0 Å². The van der Waals surface area contributed by atoms with Crippen LogP contribution in [-0.4, -0.2) is 16.4 Å². The van der Waals surface area contributed by atoms with Gasteiger partial charge in [0.15, 0.2) is 11.6 Å². The van der Waals surface area contributed by atoms with Crippen molar-refractivity contribution in [3.8, 4) is 5.75 Å². The Morgan fingerprint density at radius 3 is 3.00 bits per heavy atom. The van der Waals surface area contributed by atoms with Gasteiger partial charge >= 0.3 is 0 Å². The monoisotopic (exact) mass is 178 g/mol. The van der Waals surface area contributed by atoms with Crippen LogP contribution in [0.3, 0.4) is 0 Å². The molecule has 68 valence electrons. The number of nitrogen functional groups attached to an aromatic ring is 1. The second-order valence-corrected chi connectivity index (χ2v) is 2.48. The smallest absolute Gasteiger partial charge is 0.165 e. The van der Waals surface area contributed by atoms with Gasteiger partial charge in [-0.25, -0.2) is 4.98 Å². The summed E-state index contributed by atoms with van der Waals surface area (Å²) in [7, 11) is 0. The van der Waals surface area contributed by atoms with Crippen LogP contribution in [0.25, 0.3) is 6.08 Å². The molecular formula is C9H10N2O2. The number of aldehydes is 1. The fraction of sp³-hybridized carbons (Fsp3) is 0.111. The fourth-order valence-corrected chi connectivity index (χ4v) is 0.830. The zero-order chi connectivity index (χ0) is 9.68. The molecule has 4 nitrogen and oxygen atoms in total. The summed E-state index contributed by atoms with van der Waals surface area (Å²) >= 11 is 0. The maximum atomic E-state index is 9.98. The van der Waals surface area contributed by atoms with Gasteiger partial charge in [-0.3, -0.25) is 0 Å². The predicted molar refractivity (Wildman–Crippen MR) is 50.0 cm³/mol. The van der Waals surface area contributed by atoms with E-state index in [1.54, 1.807) is 12.2 Å². The summed E-state index contributed by atoms with van der Waals surface area (Å²) in [5.41, 5.74) is 6.02. The second kappa shape index (κ2) is 4.25. The number of nitrogens with two attached hydrogens (primary N) is 1. The molecule has 0 atom stereocenters. The molecule has 0 saturated heterocycles. The quantitative estimate of drug-likeness (QED) is 0.676. The Hall–Kier alpha value is -1.84. The first kappa shape index (κ1) is 9.25. The van der Waals surface area contributed by atoms with Crippen molar-refractivity contribution in [2.75, 3.05) is 5.73 Å². The number of carbonyl (C=O) groups excluding carboxylic acids is 1. The molecule has 1 aromatic rings. The van der Waals surface area contributed by atoms with Gasteiger partial charge in [0.1, 0.15) is 6.29 Å². The van der Waals surface area contributed by atoms with Crippen LogP contribution in [0.15, 0.2) is 18.3 Å². The summed E-state index contributed by atoms with van der Waals surface area (Å²) in [4.78, 5) is 13.7. The minimum atomic E-state index is -0.0479. The standard InChI is InChI=1S/C9H10N2O2/c10-9-8(13)5-7(6-11-9)3-1-2-4-12/h1,3-6,13H,2H2,(H2,10,11). The summed E-state index contributed by atoms with van der Waals surface area (Å²) in [6, 6.07) is 1.49. The Balaban J connectivity index is 2.79. The Morgan fingerprint density at radius 1 is 1.62 bits per heavy atom. The summed E-state index contributed by atoms with van der Waals surface area (Å²) < 4.78 is 0. The summed E-state index contributed by atoms with van der Waals surface area (Å²) in [5, 5.41) is 9.17. The molecule has 0 aromatic carbocycles. The van der Waals surface area contributed by atoms with Gasteiger partial charge in [-0.1, -0.05) is 12.2 Å². The molecule has 0 radical (unpaired) electrons. The number of anilines is 1. The summed E-state index contributed by atoms with van der Waals surface area (Å²) in [6.07, 6.45) is 6.04. The number of carbonyl (C=O) groups is 1. The van der Waals surface area contributed by atoms with Gasteiger partial charge in [-0.05, 0) is 11.6 Å².